The number of benzene rings is 2. The highest BCUT2D eigenvalue weighted by atomic mass is 32.1. The van der Waals surface area contributed by atoms with Gasteiger partial charge in [0.1, 0.15) is 0 Å². The molecule has 3 aromatic rings. The number of aliphatic hydroxyl groups is 1. The number of anilines is 1. The standard InChI is InChI=1S/C21H20N2O3S/c1-21(26,20(25)22-2)16-10-8-14(9-11-16)19(24)23-17-6-3-5-15(13-17)18-7-4-12-27-18/h3-13,26H,1-2H3,(H,22,25)(H,23,24). The van der Waals surface area contributed by atoms with Gasteiger partial charge in [0.15, 0.2) is 5.60 Å². The Hall–Kier alpha value is -2.96. The number of rotatable bonds is 5. The van der Waals surface area contributed by atoms with E-state index < -0.39 is 11.5 Å². The van der Waals surface area contributed by atoms with Crippen molar-refractivity contribution in [2.45, 2.75) is 12.5 Å². The number of hydrogen-bond donors (Lipinski definition) is 3. The SMILES string of the molecule is CNC(=O)C(C)(O)c1ccc(C(=O)Nc2cccc(-c3cccs3)c2)cc1. The van der Waals surface area contributed by atoms with Gasteiger partial charge in [-0.2, -0.15) is 0 Å². The minimum Gasteiger partial charge on any atom is -0.376 e. The van der Waals surface area contributed by atoms with E-state index in [1.807, 2.05) is 41.8 Å². The predicted molar refractivity (Wildman–Crippen MR) is 108 cm³/mol. The molecule has 6 heteroatoms. The third-order valence-corrected chi connectivity index (χ3v) is 5.22. The van der Waals surface area contributed by atoms with Crippen molar-refractivity contribution in [2.75, 3.05) is 12.4 Å². The van der Waals surface area contributed by atoms with Gasteiger partial charge >= 0.3 is 0 Å². The average Bonchev–Trinajstić information content (AvgIpc) is 3.22. The normalized spacial score (nSPS) is 12.9. The van der Waals surface area contributed by atoms with Gasteiger partial charge in [0, 0.05) is 23.2 Å². The van der Waals surface area contributed by atoms with Gasteiger partial charge in [-0.05, 0) is 53.8 Å². The van der Waals surface area contributed by atoms with Crippen molar-refractivity contribution in [3.05, 3.63) is 77.2 Å². The number of hydrogen-bond acceptors (Lipinski definition) is 4. The second-order valence-corrected chi connectivity index (χ2v) is 7.19. The van der Waals surface area contributed by atoms with Crippen LogP contribution in [0.5, 0.6) is 0 Å². The topological polar surface area (TPSA) is 78.4 Å². The van der Waals surface area contributed by atoms with Gasteiger partial charge in [0.25, 0.3) is 11.8 Å². The number of thiophene rings is 1. The van der Waals surface area contributed by atoms with E-state index in [1.165, 1.54) is 14.0 Å². The third kappa shape index (κ3) is 4.07. The molecule has 0 fully saturated rings. The highest BCUT2D eigenvalue weighted by Crippen LogP contribution is 2.27. The zero-order chi connectivity index (χ0) is 19.4. The zero-order valence-electron chi connectivity index (χ0n) is 15.0. The molecular formula is C21H20N2O3S. The molecule has 0 spiro atoms. The van der Waals surface area contributed by atoms with Gasteiger partial charge < -0.3 is 15.7 Å². The summed E-state index contributed by atoms with van der Waals surface area (Å²) < 4.78 is 0. The lowest BCUT2D eigenvalue weighted by molar-refractivity contribution is -0.138. The van der Waals surface area contributed by atoms with Crippen molar-refractivity contribution in [1.29, 1.82) is 0 Å². The first-order valence-electron chi connectivity index (χ1n) is 8.42. The summed E-state index contributed by atoms with van der Waals surface area (Å²) in [5.74, 6) is -0.769. The molecule has 1 heterocycles. The van der Waals surface area contributed by atoms with E-state index in [-0.39, 0.29) is 5.91 Å². The van der Waals surface area contributed by atoms with Crippen molar-refractivity contribution in [3.63, 3.8) is 0 Å². The smallest absolute Gasteiger partial charge is 0.256 e. The van der Waals surface area contributed by atoms with Crippen molar-refractivity contribution in [2.24, 2.45) is 0 Å². The lowest BCUT2D eigenvalue weighted by Crippen LogP contribution is -2.40. The minimum absolute atomic E-state index is 0.260. The Morgan fingerprint density at radius 1 is 1.04 bits per heavy atom. The molecule has 2 aromatic carbocycles. The summed E-state index contributed by atoms with van der Waals surface area (Å²) >= 11 is 1.64. The molecule has 138 valence electrons. The number of carbonyl (C=O) groups excluding carboxylic acids is 2. The van der Waals surface area contributed by atoms with Gasteiger partial charge in [-0.3, -0.25) is 9.59 Å². The number of amides is 2. The summed E-state index contributed by atoms with van der Waals surface area (Å²) in [5.41, 5.74) is 0.942. The van der Waals surface area contributed by atoms with Crippen molar-refractivity contribution >= 4 is 28.8 Å². The van der Waals surface area contributed by atoms with Crippen LogP contribution in [-0.2, 0) is 10.4 Å². The molecular weight excluding hydrogens is 360 g/mol. The molecule has 0 aliphatic rings. The molecule has 3 N–H and O–H groups in total. The van der Waals surface area contributed by atoms with Crippen LogP contribution >= 0.6 is 11.3 Å². The number of nitrogens with one attached hydrogen (secondary N) is 2. The van der Waals surface area contributed by atoms with Crippen LogP contribution in [0.15, 0.2) is 66.0 Å². The molecule has 27 heavy (non-hydrogen) atoms. The predicted octanol–water partition coefficient (Wildman–Crippen LogP) is 3.62. The molecule has 1 aromatic heterocycles. The van der Waals surface area contributed by atoms with Gasteiger partial charge in [-0.25, -0.2) is 0 Å². The molecule has 2 amide bonds. The van der Waals surface area contributed by atoms with E-state index >= 15 is 0 Å². The molecule has 0 aliphatic heterocycles. The summed E-state index contributed by atoms with van der Waals surface area (Å²) in [7, 11) is 1.46. The third-order valence-electron chi connectivity index (χ3n) is 4.30. The van der Waals surface area contributed by atoms with Crippen molar-refractivity contribution < 1.29 is 14.7 Å². The van der Waals surface area contributed by atoms with E-state index in [2.05, 4.69) is 10.6 Å². The molecule has 1 atom stereocenters. The molecule has 0 aliphatic carbocycles. The summed E-state index contributed by atoms with van der Waals surface area (Å²) in [6, 6.07) is 18.0. The Kier molecular flexibility index (Phi) is 5.39. The first-order chi connectivity index (χ1) is 12.9. The number of likely N-dealkylation sites (N-methyl/N-ethyl adjacent to an activating group) is 1. The summed E-state index contributed by atoms with van der Waals surface area (Å²) in [6.45, 7) is 1.41. The molecule has 0 bridgehead atoms. The molecule has 1 unspecified atom stereocenters. The van der Waals surface area contributed by atoms with E-state index in [0.29, 0.717) is 16.8 Å². The van der Waals surface area contributed by atoms with Crippen LogP contribution in [0.4, 0.5) is 5.69 Å². The maximum absolute atomic E-state index is 12.5. The average molecular weight is 380 g/mol. The van der Waals surface area contributed by atoms with Crippen LogP contribution in [0.3, 0.4) is 0 Å². The van der Waals surface area contributed by atoms with Gasteiger partial charge in [-0.15, -0.1) is 11.3 Å². The van der Waals surface area contributed by atoms with E-state index in [9.17, 15) is 14.7 Å². The zero-order valence-corrected chi connectivity index (χ0v) is 15.8. The molecule has 0 saturated heterocycles. The van der Waals surface area contributed by atoms with Crippen LogP contribution in [0, 0.1) is 0 Å². The molecule has 0 radical (unpaired) electrons. The van der Waals surface area contributed by atoms with Crippen LogP contribution in [-0.4, -0.2) is 24.0 Å². The quantitative estimate of drug-likeness (QED) is 0.633. The Morgan fingerprint density at radius 3 is 2.41 bits per heavy atom. The van der Waals surface area contributed by atoms with Gasteiger partial charge in [0.05, 0.1) is 0 Å². The van der Waals surface area contributed by atoms with Crippen molar-refractivity contribution in [1.82, 2.24) is 5.32 Å². The molecule has 0 saturated carbocycles. The second kappa shape index (κ2) is 7.73. The summed E-state index contributed by atoms with van der Waals surface area (Å²) in [6.07, 6.45) is 0. The number of carbonyl (C=O) groups is 2. The monoisotopic (exact) mass is 380 g/mol. The Balaban J connectivity index is 1.75. The highest BCUT2D eigenvalue weighted by molar-refractivity contribution is 7.13. The van der Waals surface area contributed by atoms with E-state index in [0.717, 1.165) is 10.4 Å². The highest BCUT2D eigenvalue weighted by Gasteiger charge is 2.31. The second-order valence-electron chi connectivity index (χ2n) is 6.24. The van der Waals surface area contributed by atoms with Crippen LogP contribution in [0.1, 0.15) is 22.8 Å². The minimum atomic E-state index is -1.65. The van der Waals surface area contributed by atoms with Crippen LogP contribution < -0.4 is 10.6 Å². The first kappa shape index (κ1) is 18.8. The Morgan fingerprint density at radius 2 is 1.78 bits per heavy atom. The van der Waals surface area contributed by atoms with Gasteiger partial charge in [0.2, 0.25) is 0 Å². The maximum Gasteiger partial charge on any atom is 0.256 e. The van der Waals surface area contributed by atoms with Crippen LogP contribution in [0.2, 0.25) is 0 Å². The summed E-state index contributed by atoms with van der Waals surface area (Å²) in [5, 5.41) is 17.6. The van der Waals surface area contributed by atoms with Crippen molar-refractivity contribution in [3.8, 4) is 10.4 Å². The lowest BCUT2D eigenvalue weighted by atomic mass is 9.94. The Bertz CT molecular complexity index is 948. The van der Waals surface area contributed by atoms with E-state index in [4.69, 9.17) is 0 Å². The van der Waals surface area contributed by atoms with E-state index in [1.54, 1.807) is 35.6 Å². The summed E-state index contributed by atoms with van der Waals surface area (Å²) in [4.78, 5) is 25.4. The lowest BCUT2D eigenvalue weighted by Gasteiger charge is -2.21. The Labute approximate surface area is 161 Å². The molecule has 3 rings (SSSR count). The molecule has 5 nitrogen and oxygen atoms in total. The largest absolute Gasteiger partial charge is 0.376 e. The maximum atomic E-state index is 12.5. The fraction of sp³-hybridized carbons (Fsp3) is 0.143. The fourth-order valence-electron chi connectivity index (χ4n) is 2.72. The fourth-order valence-corrected chi connectivity index (χ4v) is 3.44. The van der Waals surface area contributed by atoms with Crippen LogP contribution in [0.25, 0.3) is 10.4 Å². The van der Waals surface area contributed by atoms with Gasteiger partial charge in [-0.1, -0.05) is 30.3 Å². The first-order valence-corrected chi connectivity index (χ1v) is 9.30.